The van der Waals surface area contributed by atoms with E-state index in [9.17, 15) is 0 Å². The Morgan fingerprint density at radius 1 is 1.47 bits per heavy atom. The molecule has 0 aromatic heterocycles. The Hall–Kier alpha value is -0.790. The lowest BCUT2D eigenvalue weighted by atomic mass is 9.98. The molecule has 1 aromatic carbocycles. The molecule has 1 aromatic rings. The first-order valence-corrected chi connectivity index (χ1v) is 6.56. The van der Waals surface area contributed by atoms with Gasteiger partial charge in [-0.1, -0.05) is 36.2 Å². The molecule has 0 radical (unpaired) electrons. The molecule has 2 heteroatoms. The van der Waals surface area contributed by atoms with Crippen LogP contribution in [0.4, 0.5) is 0 Å². The lowest BCUT2D eigenvalue weighted by Gasteiger charge is -2.20. The van der Waals surface area contributed by atoms with E-state index < -0.39 is 0 Å². The highest BCUT2D eigenvalue weighted by Gasteiger charge is 2.11. The van der Waals surface area contributed by atoms with E-state index in [1.165, 1.54) is 11.1 Å². The van der Waals surface area contributed by atoms with Crippen LogP contribution >= 0.6 is 11.6 Å². The Bertz CT molecular complexity index is 385. The molecule has 1 N–H and O–H groups in total. The maximum atomic E-state index is 6.06. The zero-order chi connectivity index (χ0) is 12.8. The normalized spacial score (nSPS) is 12.5. The topological polar surface area (TPSA) is 12.0 Å². The molecule has 0 saturated carbocycles. The maximum absolute atomic E-state index is 6.06. The van der Waals surface area contributed by atoms with E-state index in [0.29, 0.717) is 6.04 Å². The highest BCUT2D eigenvalue weighted by Crippen LogP contribution is 2.24. The number of halogens is 1. The Labute approximate surface area is 110 Å². The summed E-state index contributed by atoms with van der Waals surface area (Å²) in [4.78, 5) is 0. The zero-order valence-corrected chi connectivity index (χ0v) is 11.8. The van der Waals surface area contributed by atoms with Crippen molar-refractivity contribution in [2.75, 3.05) is 6.54 Å². The predicted octanol–water partition coefficient (Wildman–Crippen LogP) is 4.66. The van der Waals surface area contributed by atoms with Crippen LogP contribution in [0.2, 0.25) is 5.02 Å². The fraction of sp³-hybridized carbons (Fsp3) is 0.467. The number of hydrogen-bond acceptors (Lipinski definition) is 1. The van der Waals surface area contributed by atoms with E-state index in [-0.39, 0.29) is 0 Å². The molecular weight excluding hydrogens is 230 g/mol. The van der Waals surface area contributed by atoms with Crippen molar-refractivity contribution in [2.24, 2.45) is 0 Å². The van der Waals surface area contributed by atoms with Crippen molar-refractivity contribution in [2.45, 2.75) is 39.7 Å². The van der Waals surface area contributed by atoms with Crippen molar-refractivity contribution in [3.63, 3.8) is 0 Å². The van der Waals surface area contributed by atoms with Crippen LogP contribution in [0.3, 0.4) is 0 Å². The summed E-state index contributed by atoms with van der Waals surface area (Å²) in [7, 11) is 0. The van der Waals surface area contributed by atoms with Crippen molar-refractivity contribution in [3.05, 3.63) is 46.5 Å². The second kappa shape index (κ2) is 6.83. The van der Waals surface area contributed by atoms with E-state index in [1.807, 2.05) is 13.0 Å². The van der Waals surface area contributed by atoms with Crippen molar-refractivity contribution in [3.8, 4) is 0 Å². The van der Waals surface area contributed by atoms with Crippen LogP contribution < -0.4 is 5.32 Å². The summed E-state index contributed by atoms with van der Waals surface area (Å²) in [6.45, 7) is 11.3. The first-order valence-electron chi connectivity index (χ1n) is 6.18. The standard InChI is InChI=1S/C15H22ClN/c1-5-8-17-15(9-11(2)3)13-6-7-14(16)12(4)10-13/h6-7,10,15,17H,2,5,8-9H2,1,3-4H3. The van der Waals surface area contributed by atoms with Crippen molar-refractivity contribution < 1.29 is 0 Å². The summed E-state index contributed by atoms with van der Waals surface area (Å²) in [6, 6.07) is 6.60. The average molecular weight is 252 g/mol. The summed E-state index contributed by atoms with van der Waals surface area (Å²) >= 11 is 6.06. The minimum absolute atomic E-state index is 0.350. The molecule has 17 heavy (non-hydrogen) atoms. The van der Waals surface area contributed by atoms with Gasteiger partial charge in [0.1, 0.15) is 0 Å². The van der Waals surface area contributed by atoms with Crippen LogP contribution in [0.25, 0.3) is 0 Å². The van der Waals surface area contributed by atoms with E-state index in [4.69, 9.17) is 11.6 Å². The van der Waals surface area contributed by atoms with Gasteiger partial charge < -0.3 is 5.32 Å². The second-order valence-electron chi connectivity index (χ2n) is 4.68. The van der Waals surface area contributed by atoms with Gasteiger partial charge in [-0.25, -0.2) is 0 Å². The van der Waals surface area contributed by atoms with Crippen LogP contribution in [0, 0.1) is 6.92 Å². The quantitative estimate of drug-likeness (QED) is 0.726. The smallest absolute Gasteiger partial charge is 0.0435 e. The van der Waals surface area contributed by atoms with Gasteiger partial charge in [0.15, 0.2) is 0 Å². The van der Waals surface area contributed by atoms with E-state index >= 15 is 0 Å². The third kappa shape index (κ3) is 4.53. The molecule has 1 atom stereocenters. The predicted molar refractivity (Wildman–Crippen MR) is 76.7 cm³/mol. The Kier molecular flexibility index (Phi) is 5.73. The van der Waals surface area contributed by atoms with Gasteiger partial charge in [0.25, 0.3) is 0 Å². The molecule has 1 rings (SSSR count). The molecule has 0 fully saturated rings. The van der Waals surface area contributed by atoms with Crippen LogP contribution in [0.5, 0.6) is 0 Å². The molecular formula is C15H22ClN. The molecule has 0 aliphatic rings. The Morgan fingerprint density at radius 3 is 2.71 bits per heavy atom. The number of benzene rings is 1. The molecule has 1 unspecified atom stereocenters. The van der Waals surface area contributed by atoms with Crippen molar-refractivity contribution in [1.82, 2.24) is 5.32 Å². The van der Waals surface area contributed by atoms with E-state index in [0.717, 1.165) is 30.0 Å². The fourth-order valence-electron chi connectivity index (χ4n) is 1.86. The third-order valence-corrected chi connectivity index (χ3v) is 3.20. The van der Waals surface area contributed by atoms with Gasteiger partial charge in [0.05, 0.1) is 0 Å². The Morgan fingerprint density at radius 2 is 2.18 bits per heavy atom. The van der Waals surface area contributed by atoms with Crippen molar-refractivity contribution in [1.29, 1.82) is 0 Å². The fourth-order valence-corrected chi connectivity index (χ4v) is 1.98. The van der Waals surface area contributed by atoms with Gasteiger partial charge in [-0.2, -0.15) is 0 Å². The number of rotatable bonds is 6. The van der Waals surface area contributed by atoms with Crippen LogP contribution in [0.1, 0.15) is 43.9 Å². The average Bonchev–Trinajstić information content (AvgIpc) is 2.27. The van der Waals surface area contributed by atoms with Gasteiger partial charge in [-0.05, 0) is 50.4 Å². The van der Waals surface area contributed by atoms with Gasteiger partial charge >= 0.3 is 0 Å². The third-order valence-electron chi connectivity index (χ3n) is 2.78. The van der Waals surface area contributed by atoms with Gasteiger partial charge in [0.2, 0.25) is 0 Å². The molecule has 0 aliphatic heterocycles. The van der Waals surface area contributed by atoms with Crippen LogP contribution in [-0.2, 0) is 0 Å². The summed E-state index contributed by atoms with van der Waals surface area (Å²) < 4.78 is 0. The molecule has 0 bridgehead atoms. The lowest BCUT2D eigenvalue weighted by molar-refractivity contribution is 0.528. The maximum Gasteiger partial charge on any atom is 0.0435 e. The highest BCUT2D eigenvalue weighted by molar-refractivity contribution is 6.31. The van der Waals surface area contributed by atoms with Gasteiger partial charge in [-0.15, -0.1) is 6.58 Å². The number of aryl methyl sites for hydroxylation is 1. The first kappa shape index (κ1) is 14.3. The summed E-state index contributed by atoms with van der Waals surface area (Å²) in [6.07, 6.45) is 2.11. The second-order valence-corrected chi connectivity index (χ2v) is 5.08. The molecule has 0 amide bonds. The van der Waals surface area contributed by atoms with E-state index in [1.54, 1.807) is 0 Å². The Balaban J connectivity index is 2.86. The van der Waals surface area contributed by atoms with E-state index in [2.05, 4.69) is 37.9 Å². The summed E-state index contributed by atoms with van der Waals surface area (Å²) in [5.74, 6) is 0. The molecule has 0 heterocycles. The molecule has 1 nitrogen and oxygen atoms in total. The summed E-state index contributed by atoms with van der Waals surface area (Å²) in [5.41, 5.74) is 3.63. The van der Waals surface area contributed by atoms with Crippen molar-refractivity contribution >= 4 is 11.6 Å². The first-order chi connectivity index (χ1) is 8.04. The largest absolute Gasteiger partial charge is 0.310 e. The van der Waals surface area contributed by atoms with Crippen LogP contribution in [-0.4, -0.2) is 6.54 Å². The summed E-state index contributed by atoms with van der Waals surface area (Å²) in [5, 5.41) is 4.39. The SMILES string of the molecule is C=C(C)CC(NCCC)c1ccc(Cl)c(C)c1. The highest BCUT2D eigenvalue weighted by atomic mass is 35.5. The number of hydrogen-bond donors (Lipinski definition) is 1. The molecule has 94 valence electrons. The molecule has 0 saturated heterocycles. The lowest BCUT2D eigenvalue weighted by Crippen LogP contribution is -2.22. The molecule has 0 spiro atoms. The van der Waals surface area contributed by atoms with Crippen LogP contribution in [0.15, 0.2) is 30.4 Å². The number of nitrogens with one attached hydrogen (secondary N) is 1. The monoisotopic (exact) mass is 251 g/mol. The zero-order valence-electron chi connectivity index (χ0n) is 11.0. The molecule has 0 aliphatic carbocycles. The minimum atomic E-state index is 0.350. The minimum Gasteiger partial charge on any atom is -0.310 e. The van der Waals surface area contributed by atoms with Gasteiger partial charge in [-0.3, -0.25) is 0 Å². The van der Waals surface area contributed by atoms with Gasteiger partial charge in [0, 0.05) is 11.1 Å².